The van der Waals surface area contributed by atoms with Crippen LogP contribution in [0.4, 0.5) is 10.1 Å². The number of nitrogens with one attached hydrogen (secondary N) is 1. The molecule has 2 rings (SSSR count). The molecule has 0 bridgehead atoms. The lowest BCUT2D eigenvalue weighted by atomic mass is 10.1. The fourth-order valence-corrected chi connectivity index (χ4v) is 1.84. The normalized spacial score (nSPS) is 11.1. The first kappa shape index (κ1) is 15.7. The highest BCUT2D eigenvalue weighted by molar-refractivity contribution is 6.45. The van der Waals surface area contributed by atoms with Crippen LogP contribution in [0.25, 0.3) is 5.76 Å². The maximum Gasteiger partial charge on any atom is 0.296 e. The van der Waals surface area contributed by atoms with Crippen LogP contribution >= 0.6 is 11.6 Å². The third-order valence-corrected chi connectivity index (χ3v) is 2.95. The molecule has 0 aliphatic heterocycles. The molecule has 0 saturated heterocycles. The number of carbonyl (C=O) groups excluding carboxylic acids is 2. The number of rotatable bonds is 4. The second kappa shape index (κ2) is 6.87. The van der Waals surface area contributed by atoms with E-state index in [1.165, 1.54) is 18.2 Å². The number of aliphatic hydroxyl groups is 1. The predicted octanol–water partition coefficient (Wildman–Crippen LogP) is 3.59. The summed E-state index contributed by atoms with van der Waals surface area (Å²) in [5.41, 5.74) is 0.589. The Balaban J connectivity index is 2.08. The minimum absolute atomic E-state index is 0.227. The van der Waals surface area contributed by atoms with Crippen LogP contribution in [0.1, 0.15) is 5.56 Å². The Hall–Kier alpha value is -2.66. The van der Waals surface area contributed by atoms with Crippen molar-refractivity contribution in [3.63, 3.8) is 0 Å². The van der Waals surface area contributed by atoms with Crippen LogP contribution in [0.5, 0.6) is 0 Å². The molecule has 2 aromatic rings. The summed E-state index contributed by atoms with van der Waals surface area (Å²) in [6.45, 7) is 0. The Bertz CT molecular complexity index is 741. The standard InChI is InChI=1S/C16H11ClFNO3/c17-11-2-1-3-13(8-11)19-16(22)15(21)9-14(20)10-4-6-12(18)7-5-10/h1-9,20H,(H,19,22)/b14-9-. The molecular formula is C16H11ClFNO3. The average Bonchev–Trinajstić information content (AvgIpc) is 2.47. The van der Waals surface area contributed by atoms with Crippen molar-refractivity contribution in [2.45, 2.75) is 0 Å². The van der Waals surface area contributed by atoms with E-state index in [9.17, 15) is 19.1 Å². The third kappa shape index (κ3) is 4.17. The van der Waals surface area contributed by atoms with Crippen molar-refractivity contribution >= 4 is 34.7 Å². The van der Waals surface area contributed by atoms with Gasteiger partial charge in [0.25, 0.3) is 5.91 Å². The van der Waals surface area contributed by atoms with Crippen LogP contribution in [0.15, 0.2) is 54.6 Å². The van der Waals surface area contributed by atoms with E-state index in [2.05, 4.69) is 5.32 Å². The molecule has 0 atom stereocenters. The maximum atomic E-state index is 12.8. The van der Waals surface area contributed by atoms with Crippen molar-refractivity contribution in [1.29, 1.82) is 0 Å². The van der Waals surface area contributed by atoms with Crippen LogP contribution in [-0.4, -0.2) is 16.8 Å². The summed E-state index contributed by atoms with van der Waals surface area (Å²) in [5, 5.41) is 12.5. The second-order valence-corrected chi connectivity index (χ2v) is 4.80. The molecule has 0 fully saturated rings. The molecule has 0 aliphatic carbocycles. The van der Waals surface area contributed by atoms with Gasteiger partial charge in [0.05, 0.1) is 0 Å². The van der Waals surface area contributed by atoms with Crippen molar-refractivity contribution < 1.29 is 19.1 Å². The molecule has 4 nitrogen and oxygen atoms in total. The van der Waals surface area contributed by atoms with E-state index >= 15 is 0 Å². The monoisotopic (exact) mass is 319 g/mol. The minimum atomic E-state index is -0.943. The van der Waals surface area contributed by atoms with Gasteiger partial charge >= 0.3 is 0 Å². The lowest BCUT2D eigenvalue weighted by molar-refractivity contribution is -0.131. The zero-order valence-electron chi connectivity index (χ0n) is 11.2. The highest BCUT2D eigenvalue weighted by atomic mass is 35.5. The summed E-state index contributed by atoms with van der Waals surface area (Å²) in [6.07, 6.45) is 0.771. The number of carbonyl (C=O) groups is 2. The van der Waals surface area contributed by atoms with Crippen LogP contribution in [0, 0.1) is 5.82 Å². The largest absolute Gasteiger partial charge is 0.507 e. The maximum absolute atomic E-state index is 12.8. The first-order chi connectivity index (χ1) is 10.5. The van der Waals surface area contributed by atoms with Gasteiger partial charge in [0.15, 0.2) is 0 Å². The molecule has 1 amide bonds. The molecule has 0 aromatic heterocycles. The fourth-order valence-electron chi connectivity index (χ4n) is 1.65. The molecule has 0 radical (unpaired) electrons. The molecule has 112 valence electrons. The van der Waals surface area contributed by atoms with Crippen LogP contribution in [-0.2, 0) is 9.59 Å². The number of hydrogen-bond acceptors (Lipinski definition) is 3. The quantitative estimate of drug-likeness (QED) is 0.514. The summed E-state index contributed by atoms with van der Waals surface area (Å²) in [7, 11) is 0. The zero-order valence-corrected chi connectivity index (χ0v) is 12.0. The van der Waals surface area contributed by atoms with Gasteiger partial charge in [-0.3, -0.25) is 9.59 Å². The molecular weight excluding hydrogens is 309 g/mol. The van der Waals surface area contributed by atoms with Crippen molar-refractivity contribution in [3.05, 3.63) is 71.0 Å². The molecule has 0 heterocycles. The van der Waals surface area contributed by atoms with E-state index in [0.29, 0.717) is 10.7 Å². The summed E-state index contributed by atoms with van der Waals surface area (Å²) in [5.74, 6) is -2.76. The predicted molar refractivity (Wildman–Crippen MR) is 82.1 cm³/mol. The number of aliphatic hydroxyl groups excluding tert-OH is 1. The number of halogens is 2. The molecule has 0 spiro atoms. The zero-order chi connectivity index (χ0) is 16.1. The lowest BCUT2D eigenvalue weighted by Gasteiger charge is -2.03. The van der Waals surface area contributed by atoms with Gasteiger partial charge in [-0.05, 0) is 42.5 Å². The van der Waals surface area contributed by atoms with Crippen molar-refractivity contribution in [3.8, 4) is 0 Å². The van der Waals surface area contributed by atoms with E-state index in [0.717, 1.165) is 18.2 Å². The number of ketones is 1. The summed E-state index contributed by atoms with van der Waals surface area (Å²) < 4.78 is 12.8. The van der Waals surface area contributed by atoms with Gasteiger partial charge < -0.3 is 10.4 Å². The summed E-state index contributed by atoms with van der Waals surface area (Å²) in [4.78, 5) is 23.5. The van der Waals surface area contributed by atoms with E-state index in [1.54, 1.807) is 18.2 Å². The van der Waals surface area contributed by atoms with Gasteiger partial charge in [-0.1, -0.05) is 17.7 Å². The van der Waals surface area contributed by atoms with E-state index < -0.39 is 23.3 Å². The highest BCUT2D eigenvalue weighted by Crippen LogP contribution is 2.15. The highest BCUT2D eigenvalue weighted by Gasteiger charge is 2.13. The van der Waals surface area contributed by atoms with Gasteiger partial charge in [0.1, 0.15) is 11.6 Å². The molecule has 2 N–H and O–H groups in total. The molecule has 2 aromatic carbocycles. The molecule has 0 aliphatic rings. The van der Waals surface area contributed by atoms with E-state index in [-0.39, 0.29) is 5.56 Å². The number of hydrogen-bond donors (Lipinski definition) is 2. The number of amides is 1. The van der Waals surface area contributed by atoms with Crippen molar-refractivity contribution in [1.82, 2.24) is 0 Å². The Morgan fingerprint density at radius 1 is 1.14 bits per heavy atom. The smallest absolute Gasteiger partial charge is 0.296 e. The van der Waals surface area contributed by atoms with Gasteiger partial charge in [0.2, 0.25) is 5.78 Å². The molecule has 22 heavy (non-hydrogen) atoms. The second-order valence-electron chi connectivity index (χ2n) is 4.37. The Labute approximate surface area is 130 Å². The Morgan fingerprint density at radius 2 is 1.82 bits per heavy atom. The molecule has 0 unspecified atom stereocenters. The fraction of sp³-hybridized carbons (Fsp3) is 0. The van der Waals surface area contributed by atoms with Crippen LogP contribution in [0.3, 0.4) is 0 Å². The lowest BCUT2D eigenvalue weighted by Crippen LogP contribution is -2.21. The van der Waals surface area contributed by atoms with Crippen molar-refractivity contribution in [2.75, 3.05) is 5.32 Å². The summed E-state index contributed by atoms with van der Waals surface area (Å²) in [6, 6.07) is 11.2. The first-order valence-corrected chi connectivity index (χ1v) is 6.61. The topological polar surface area (TPSA) is 66.4 Å². The molecule has 6 heteroatoms. The van der Waals surface area contributed by atoms with Crippen LogP contribution in [0.2, 0.25) is 5.02 Å². The van der Waals surface area contributed by atoms with E-state index in [1.807, 2.05) is 0 Å². The third-order valence-electron chi connectivity index (χ3n) is 2.71. The van der Waals surface area contributed by atoms with Gasteiger partial charge in [-0.25, -0.2) is 4.39 Å². The average molecular weight is 320 g/mol. The molecule has 0 saturated carbocycles. The minimum Gasteiger partial charge on any atom is -0.507 e. The number of benzene rings is 2. The van der Waals surface area contributed by atoms with E-state index in [4.69, 9.17) is 11.6 Å². The Kier molecular flexibility index (Phi) is 4.91. The van der Waals surface area contributed by atoms with Gasteiger partial charge in [0, 0.05) is 22.3 Å². The summed E-state index contributed by atoms with van der Waals surface area (Å²) >= 11 is 5.77. The van der Waals surface area contributed by atoms with Gasteiger partial charge in [-0.2, -0.15) is 0 Å². The first-order valence-electron chi connectivity index (χ1n) is 6.23. The van der Waals surface area contributed by atoms with Gasteiger partial charge in [-0.15, -0.1) is 0 Å². The Morgan fingerprint density at radius 3 is 2.45 bits per heavy atom. The van der Waals surface area contributed by atoms with Crippen LogP contribution < -0.4 is 5.32 Å². The SMILES string of the molecule is O=C(/C=C(\O)c1ccc(F)cc1)C(=O)Nc1cccc(Cl)c1. The van der Waals surface area contributed by atoms with Crippen molar-refractivity contribution in [2.24, 2.45) is 0 Å². The number of anilines is 1.